The van der Waals surface area contributed by atoms with E-state index >= 15 is 0 Å². The van der Waals surface area contributed by atoms with Gasteiger partial charge in [0.2, 0.25) is 5.91 Å². The summed E-state index contributed by atoms with van der Waals surface area (Å²) in [6, 6.07) is 0. The van der Waals surface area contributed by atoms with Gasteiger partial charge in [-0.15, -0.1) is 0 Å². The number of hydrogen-bond acceptors (Lipinski definition) is 2. The predicted octanol–water partition coefficient (Wildman–Crippen LogP) is 2.60. The first-order chi connectivity index (χ1) is 7.31. The molecule has 0 atom stereocenters. The number of nitrogens with one attached hydrogen (secondary N) is 1. The van der Waals surface area contributed by atoms with Gasteiger partial charge in [-0.2, -0.15) is 0 Å². The van der Waals surface area contributed by atoms with Crippen molar-refractivity contribution in [3.8, 4) is 0 Å². The van der Waals surface area contributed by atoms with Crippen molar-refractivity contribution in [2.45, 2.75) is 47.5 Å². The second-order valence-electron chi connectivity index (χ2n) is 5.91. The van der Waals surface area contributed by atoms with Crippen LogP contribution in [0.4, 0.5) is 0 Å². The Bertz CT molecular complexity index is 195. The van der Waals surface area contributed by atoms with Crippen molar-refractivity contribution >= 4 is 5.91 Å². The van der Waals surface area contributed by atoms with Crippen molar-refractivity contribution in [2.24, 2.45) is 11.3 Å². The van der Waals surface area contributed by atoms with Crippen LogP contribution in [-0.2, 0) is 9.53 Å². The lowest BCUT2D eigenvalue weighted by Gasteiger charge is -2.18. The van der Waals surface area contributed by atoms with Crippen molar-refractivity contribution in [3.63, 3.8) is 0 Å². The van der Waals surface area contributed by atoms with Gasteiger partial charge in [0.15, 0.2) is 0 Å². The van der Waals surface area contributed by atoms with E-state index in [9.17, 15) is 4.79 Å². The lowest BCUT2D eigenvalue weighted by atomic mass is 9.97. The van der Waals surface area contributed by atoms with Crippen molar-refractivity contribution < 1.29 is 9.53 Å². The molecule has 1 amide bonds. The number of rotatable bonds is 7. The Morgan fingerprint density at radius 2 is 1.94 bits per heavy atom. The number of carbonyl (C=O) groups excluding carboxylic acids is 1. The van der Waals surface area contributed by atoms with E-state index in [1.54, 1.807) is 0 Å². The van der Waals surface area contributed by atoms with Crippen LogP contribution in [0.25, 0.3) is 0 Å². The highest BCUT2D eigenvalue weighted by atomic mass is 16.5. The molecule has 3 nitrogen and oxygen atoms in total. The molecular weight excluding hydrogens is 202 g/mol. The fraction of sp³-hybridized carbons (Fsp3) is 0.923. The summed E-state index contributed by atoms with van der Waals surface area (Å²) < 4.78 is 5.41. The SMILES string of the molecule is CC(C)COCCCC(=O)NCC(C)(C)C. The summed E-state index contributed by atoms with van der Waals surface area (Å²) >= 11 is 0. The van der Waals surface area contributed by atoms with Crippen molar-refractivity contribution in [1.82, 2.24) is 5.32 Å². The lowest BCUT2D eigenvalue weighted by Crippen LogP contribution is -2.32. The first-order valence-electron chi connectivity index (χ1n) is 6.16. The molecule has 0 aliphatic heterocycles. The van der Waals surface area contributed by atoms with Gasteiger partial charge in [0.1, 0.15) is 0 Å². The Hall–Kier alpha value is -0.570. The summed E-state index contributed by atoms with van der Waals surface area (Å²) in [4.78, 5) is 11.4. The fourth-order valence-corrected chi connectivity index (χ4v) is 1.11. The fourth-order valence-electron chi connectivity index (χ4n) is 1.11. The standard InChI is InChI=1S/C13H27NO2/c1-11(2)9-16-8-6-7-12(15)14-10-13(3,4)5/h11H,6-10H2,1-5H3,(H,14,15). The molecule has 3 heteroatoms. The zero-order valence-corrected chi connectivity index (χ0v) is 11.4. The maximum absolute atomic E-state index is 11.4. The third kappa shape index (κ3) is 11.5. The van der Waals surface area contributed by atoms with E-state index in [1.807, 2.05) is 0 Å². The third-order valence-electron chi connectivity index (χ3n) is 1.96. The highest BCUT2D eigenvalue weighted by molar-refractivity contribution is 5.75. The second-order valence-corrected chi connectivity index (χ2v) is 5.91. The van der Waals surface area contributed by atoms with E-state index in [-0.39, 0.29) is 11.3 Å². The minimum absolute atomic E-state index is 0.128. The molecule has 0 saturated carbocycles. The van der Waals surface area contributed by atoms with Gasteiger partial charge in [-0.05, 0) is 17.8 Å². The minimum atomic E-state index is 0.128. The molecule has 0 heterocycles. The van der Waals surface area contributed by atoms with Gasteiger partial charge in [0.25, 0.3) is 0 Å². The molecule has 0 aliphatic rings. The van der Waals surface area contributed by atoms with Crippen LogP contribution in [0.15, 0.2) is 0 Å². The highest BCUT2D eigenvalue weighted by Crippen LogP contribution is 2.10. The molecule has 0 rings (SSSR count). The van der Waals surface area contributed by atoms with Crippen molar-refractivity contribution in [1.29, 1.82) is 0 Å². The van der Waals surface area contributed by atoms with Gasteiger partial charge in [0, 0.05) is 26.2 Å². The summed E-state index contributed by atoms with van der Waals surface area (Å²) in [7, 11) is 0. The monoisotopic (exact) mass is 229 g/mol. The summed E-state index contributed by atoms with van der Waals surface area (Å²) in [5, 5.41) is 2.93. The maximum Gasteiger partial charge on any atom is 0.220 e. The largest absolute Gasteiger partial charge is 0.381 e. The van der Waals surface area contributed by atoms with Crippen LogP contribution in [0.5, 0.6) is 0 Å². The zero-order chi connectivity index (χ0) is 12.6. The Morgan fingerprint density at radius 3 is 2.44 bits per heavy atom. The molecule has 0 radical (unpaired) electrons. The van der Waals surface area contributed by atoms with E-state index in [0.29, 0.717) is 18.9 Å². The van der Waals surface area contributed by atoms with Gasteiger partial charge in [-0.25, -0.2) is 0 Å². The summed E-state index contributed by atoms with van der Waals surface area (Å²) in [5.41, 5.74) is 0.157. The van der Waals surface area contributed by atoms with Crippen molar-refractivity contribution in [3.05, 3.63) is 0 Å². The molecule has 0 fully saturated rings. The summed E-state index contributed by atoms with van der Waals surface area (Å²) in [6.45, 7) is 12.8. The predicted molar refractivity (Wildman–Crippen MR) is 67.4 cm³/mol. The van der Waals surface area contributed by atoms with E-state index < -0.39 is 0 Å². The molecule has 0 aromatic carbocycles. The van der Waals surface area contributed by atoms with Crippen molar-refractivity contribution in [2.75, 3.05) is 19.8 Å². The average Bonchev–Trinajstić information content (AvgIpc) is 2.12. The van der Waals surface area contributed by atoms with Gasteiger partial charge in [-0.1, -0.05) is 34.6 Å². The van der Waals surface area contributed by atoms with Crippen LogP contribution in [0.1, 0.15) is 47.5 Å². The number of hydrogen-bond donors (Lipinski definition) is 1. The molecular formula is C13H27NO2. The first kappa shape index (κ1) is 15.4. The molecule has 0 aromatic heterocycles. The normalized spacial score (nSPS) is 11.9. The van der Waals surface area contributed by atoms with E-state index in [0.717, 1.165) is 19.6 Å². The van der Waals surface area contributed by atoms with Crippen LogP contribution < -0.4 is 5.32 Å². The number of ether oxygens (including phenoxy) is 1. The Kier molecular flexibility index (Phi) is 7.39. The van der Waals surface area contributed by atoms with Gasteiger partial charge < -0.3 is 10.1 Å². The van der Waals surface area contributed by atoms with Crippen LogP contribution >= 0.6 is 0 Å². The molecule has 0 unspecified atom stereocenters. The molecule has 16 heavy (non-hydrogen) atoms. The Labute approximate surface area is 99.9 Å². The number of carbonyl (C=O) groups is 1. The molecule has 0 bridgehead atoms. The molecule has 0 aromatic rings. The van der Waals surface area contributed by atoms with Crippen LogP contribution in [0.2, 0.25) is 0 Å². The molecule has 0 aliphatic carbocycles. The second kappa shape index (κ2) is 7.66. The summed E-state index contributed by atoms with van der Waals surface area (Å²) in [6.07, 6.45) is 1.37. The van der Waals surface area contributed by atoms with Gasteiger partial charge in [0.05, 0.1) is 0 Å². The van der Waals surface area contributed by atoms with Crippen LogP contribution in [-0.4, -0.2) is 25.7 Å². The van der Waals surface area contributed by atoms with Gasteiger partial charge in [-0.3, -0.25) is 4.79 Å². The third-order valence-corrected chi connectivity index (χ3v) is 1.96. The van der Waals surface area contributed by atoms with Gasteiger partial charge >= 0.3 is 0 Å². The Balaban J connectivity index is 3.38. The topological polar surface area (TPSA) is 38.3 Å². The van der Waals surface area contributed by atoms with Crippen LogP contribution in [0.3, 0.4) is 0 Å². The van der Waals surface area contributed by atoms with E-state index in [4.69, 9.17) is 4.74 Å². The average molecular weight is 229 g/mol. The van der Waals surface area contributed by atoms with E-state index in [1.165, 1.54) is 0 Å². The zero-order valence-electron chi connectivity index (χ0n) is 11.4. The molecule has 1 N–H and O–H groups in total. The highest BCUT2D eigenvalue weighted by Gasteiger charge is 2.11. The van der Waals surface area contributed by atoms with E-state index in [2.05, 4.69) is 39.9 Å². The quantitative estimate of drug-likeness (QED) is 0.681. The minimum Gasteiger partial charge on any atom is -0.381 e. The lowest BCUT2D eigenvalue weighted by molar-refractivity contribution is -0.121. The first-order valence-corrected chi connectivity index (χ1v) is 6.16. The summed E-state index contributed by atoms with van der Waals surface area (Å²) in [5.74, 6) is 0.692. The smallest absolute Gasteiger partial charge is 0.220 e. The molecule has 0 spiro atoms. The molecule has 96 valence electrons. The number of amides is 1. The maximum atomic E-state index is 11.4. The Morgan fingerprint density at radius 1 is 1.31 bits per heavy atom. The molecule has 0 saturated heterocycles. The van der Waals surface area contributed by atoms with Crippen LogP contribution in [0, 0.1) is 11.3 Å².